The summed E-state index contributed by atoms with van der Waals surface area (Å²) in [5, 5.41) is 5.26. The molecule has 0 aromatic heterocycles. The van der Waals surface area contributed by atoms with Crippen molar-refractivity contribution in [1.82, 2.24) is 4.90 Å². The summed E-state index contributed by atoms with van der Waals surface area (Å²) < 4.78 is 22.8. The highest BCUT2D eigenvalue weighted by Gasteiger charge is 2.20. The fourth-order valence-corrected chi connectivity index (χ4v) is 2.63. The molecule has 1 rings (SSSR count). The number of nitrogens with zero attached hydrogens (tertiary/aromatic N) is 1. The van der Waals surface area contributed by atoms with E-state index in [2.05, 4.69) is 0 Å². The van der Waals surface area contributed by atoms with Gasteiger partial charge in [0.15, 0.2) is 0 Å². The molecule has 0 unspecified atom stereocenters. The first-order chi connectivity index (χ1) is 8.18. The van der Waals surface area contributed by atoms with Gasteiger partial charge in [-0.2, -0.15) is 0 Å². The lowest BCUT2D eigenvalue weighted by molar-refractivity contribution is 0.0801. The Labute approximate surface area is 112 Å². The predicted octanol–water partition coefficient (Wildman–Crippen LogP) is 1.39. The molecule has 18 heavy (non-hydrogen) atoms. The van der Waals surface area contributed by atoms with Crippen LogP contribution < -0.4 is 5.14 Å². The average Bonchev–Trinajstić information content (AvgIpc) is 2.28. The Morgan fingerprint density at radius 3 is 2.44 bits per heavy atom. The van der Waals surface area contributed by atoms with E-state index in [1.165, 1.54) is 24.0 Å². The van der Waals surface area contributed by atoms with Gasteiger partial charge in [-0.3, -0.25) is 4.79 Å². The second kappa shape index (κ2) is 5.26. The van der Waals surface area contributed by atoms with E-state index in [0.29, 0.717) is 12.1 Å². The van der Waals surface area contributed by atoms with Crippen LogP contribution in [0.25, 0.3) is 0 Å². The highest BCUT2D eigenvalue weighted by Crippen LogP contribution is 2.24. The monoisotopic (exact) mass is 290 g/mol. The Hall–Kier alpha value is -1.11. The van der Waals surface area contributed by atoms with Gasteiger partial charge in [0.05, 0.1) is 4.90 Å². The first-order valence-electron chi connectivity index (χ1n) is 5.27. The minimum atomic E-state index is -3.90. The average molecular weight is 291 g/mol. The van der Waals surface area contributed by atoms with Crippen LogP contribution in [-0.2, 0) is 10.0 Å². The first kappa shape index (κ1) is 14.9. The second-order valence-corrected chi connectivity index (χ2v) is 5.91. The lowest BCUT2D eigenvalue weighted by Gasteiger charge is -2.17. The number of benzene rings is 1. The molecule has 0 saturated carbocycles. The molecule has 7 heteroatoms. The van der Waals surface area contributed by atoms with Gasteiger partial charge in [0.2, 0.25) is 10.0 Å². The number of rotatable bonds is 3. The van der Waals surface area contributed by atoms with Crippen molar-refractivity contribution in [2.75, 3.05) is 13.6 Å². The molecule has 0 heterocycles. The molecular weight excluding hydrogens is 276 g/mol. The number of halogens is 1. The lowest BCUT2D eigenvalue weighted by atomic mass is 10.1. The van der Waals surface area contributed by atoms with E-state index in [-0.39, 0.29) is 21.4 Å². The Morgan fingerprint density at radius 1 is 1.44 bits per heavy atom. The van der Waals surface area contributed by atoms with Gasteiger partial charge >= 0.3 is 0 Å². The quantitative estimate of drug-likeness (QED) is 0.913. The van der Waals surface area contributed by atoms with E-state index in [1.807, 2.05) is 6.92 Å². The van der Waals surface area contributed by atoms with Crippen molar-refractivity contribution in [2.24, 2.45) is 5.14 Å². The molecule has 0 aliphatic rings. The number of hydrogen-bond donors (Lipinski definition) is 1. The molecule has 0 aliphatic heterocycles. The van der Waals surface area contributed by atoms with Crippen molar-refractivity contribution in [1.29, 1.82) is 0 Å². The number of carbonyl (C=O) groups excluding carboxylic acids is 1. The Morgan fingerprint density at radius 2 is 2.00 bits per heavy atom. The summed E-state index contributed by atoms with van der Waals surface area (Å²) in [4.78, 5) is 13.4. The van der Waals surface area contributed by atoms with Gasteiger partial charge in [-0.25, -0.2) is 13.6 Å². The minimum absolute atomic E-state index is 0.122. The molecular formula is C11H15ClN2O3S. The highest BCUT2D eigenvalue weighted by atomic mass is 35.5. The normalized spacial score (nSPS) is 11.4. The third-order valence-corrected chi connectivity index (χ3v) is 3.94. The number of primary sulfonamides is 1. The maximum absolute atomic E-state index is 12.1. The fourth-order valence-electron chi connectivity index (χ4n) is 1.52. The van der Waals surface area contributed by atoms with Crippen LogP contribution >= 0.6 is 11.6 Å². The molecule has 1 aromatic rings. The molecule has 0 fully saturated rings. The van der Waals surface area contributed by atoms with Gasteiger partial charge in [-0.1, -0.05) is 11.6 Å². The third-order valence-electron chi connectivity index (χ3n) is 2.68. The van der Waals surface area contributed by atoms with Crippen LogP contribution in [0.2, 0.25) is 5.02 Å². The van der Waals surface area contributed by atoms with E-state index >= 15 is 0 Å². The molecule has 1 amide bonds. The number of sulfonamides is 1. The summed E-state index contributed by atoms with van der Waals surface area (Å²) in [6.07, 6.45) is 0. The molecule has 5 nitrogen and oxygen atoms in total. The first-order valence-corrected chi connectivity index (χ1v) is 7.19. The van der Waals surface area contributed by atoms with E-state index < -0.39 is 10.0 Å². The van der Waals surface area contributed by atoms with Crippen LogP contribution in [0.15, 0.2) is 17.0 Å². The van der Waals surface area contributed by atoms with Crippen LogP contribution in [0, 0.1) is 6.92 Å². The van der Waals surface area contributed by atoms with Crippen LogP contribution in [0.5, 0.6) is 0 Å². The molecule has 100 valence electrons. The fraction of sp³-hybridized carbons (Fsp3) is 0.364. The number of carbonyl (C=O) groups is 1. The van der Waals surface area contributed by atoms with E-state index in [4.69, 9.17) is 16.7 Å². The van der Waals surface area contributed by atoms with E-state index in [9.17, 15) is 13.2 Å². The zero-order valence-corrected chi connectivity index (χ0v) is 12.0. The summed E-state index contributed by atoms with van der Waals surface area (Å²) in [6, 6.07) is 2.69. The SMILES string of the molecule is CCN(C)C(=O)c1cc(Cl)cc(S(N)(=O)=O)c1C. The minimum Gasteiger partial charge on any atom is -0.342 e. The maximum Gasteiger partial charge on any atom is 0.253 e. The van der Waals surface area contributed by atoms with Crippen molar-refractivity contribution in [3.05, 3.63) is 28.3 Å². The van der Waals surface area contributed by atoms with Crippen molar-refractivity contribution in [2.45, 2.75) is 18.7 Å². The van der Waals surface area contributed by atoms with Gasteiger partial charge < -0.3 is 4.90 Å². The Bertz CT molecular complexity index is 584. The molecule has 2 N–H and O–H groups in total. The molecule has 0 aliphatic carbocycles. The largest absolute Gasteiger partial charge is 0.342 e. The molecule has 0 radical (unpaired) electrons. The molecule has 0 bridgehead atoms. The maximum atomic E-state index is 12.1. The van der Waals surface area contributed by atoms with Gasteiger partial charge in [-0.15, -0.1) is 0 Å². The predicted molar refractivity (Wildman–Crippen MR) is 70.2 cm³/mol. The number of amides is 1. The van der Waals surface area contributed by atoms with Crippen LogP contribution in [0.1, 0.15) is 22.8 Å². The topological polar surface area (TPSA) is 80.5 Å². The molecule has 0 saturated heterocycles. The second-order valence-electron chi connectivity index (χ2n) is 3.94. The third kappa shape index (κ3) is 3.01. The van der Waals surface area contributed by atoms with Gasteiger partial charge in [0, 0.05) is 24.2 Å². The van der Waals surface area contributed by atoms with Gasteiger partial charge in [0.1, 0.15) is 0 Å². The van der Waals surface area contributed by atoms with Crippen LogP contribution in [0.4, 0.5) is 0 Å². The van der Waals surface area contributed by atoms with E-state index in [0.717, 1.165) is 0 Å². The summed E-state index contributed by atoms with van der Waals surface area (Å²) in [6.45, 7) is 3.86. The van der Waals surface area contributed by atoms with Crippen molar-refractivity contribution < 1.29 is 13.2 Å². The Kier molecular flexibility index (Phi) is 4.37. The standard InChI is InChI=1S/C11H15ClN2O3S/c1-4-14(3)11(15)9-5-8(12)6-10(7(9)2)18(13,16)17/h5-6H,4H2,1-3H3,(H2,13,16,17). The van der Waals surface area contributed by atoms with Gasteiger partial charge in [-0.05, 0) is 31.5 Å². The zero-order valence-electron chi connectivity index (χ0n) is 10.4. The Balaban J connectivity index is 3.48. The van der Waals surface area contributed by atoms with Crippen molar-refractivity contribution in [3.8, 4) is 0 Å². The number of nitrogens with two attached hydrogens (primary N) is 1. The highest BCUT2D eigenvalue weighted by molar-refractivity contribution is 7.89. The molecule has 0 spiro atoms. The summed E-state index contributed by atoms with van der Waals surface area (Å²) in [5.74, 6) is -0.289. The lowest BCUT2D eigenvalue weighted by Crippen LogP contribution is -2.27. The van der Waals surface area contributed by atoms with Crippen LogP contribution in [-0.4, -0.2) is 32.8 Å². The van der Waals surface area contributed by atoms with Crippen molar-refractivity contribution in [3.63, 3.8) is 0 Å². The zero-order chi connectivity index (χ0) is 14.1. The van der Waals surface area contributed by atoms with E-state index in [1.54, 1.807) is 7.05 Å². The van der Waals surface area contributed by atoms with Gasteiger partial charge in [0.25, 0.3) is 5.91 Å². The molecule has 0 atom stereocenters. The summed E-state index contributed by atoms with van der Waals surface area (Å²) >= 11 is 5.83. The summed E-state index contributed by atoms with van der Waals surface area (Å²) in [7, 11) is -2.28. The smallest absolute Gasteiger partial charge is 0.253 e. The van der Waals surface area contributed by atoms with Crippen molar-refractivity contribution >= 4 is 27.5 Å². The number of hydrogen-bond acceptors (Lipinski definition) is 3. The molecule has 1 aromatic carbocycles. The van der Waals surface area contributed by atoms with Crippen LogP contribution in [0.3, 0.4) is 0 Å². The summed E-state index contributed by atoms with van der Waals surface area (Å²) in [5.41, 5.74) is 0.558.